The molecule has 1 unspecified atom stereocenters. The lowest BCUT2D eigenvalue weighted by Gasteiger charge is -2.12. The lowest BCUT2D eigenvalue weighted by atomic mass is 10.1. The maximum atomic E-state index is 11.6. The molecule has 90 valence electrons. The van der Waals surface area contributed by atoms with Gasteiger partial charge in [0.2, 0.25) is 11.9 Å². The summed E-state index contributed by atoms with van der Waals surface area (Å²) in [4.78, 5) is 30.6. The van der Waals surface area contributed by atoms with Crippen LogP contribution < -0.4 is 4.90 Å². The van der Waals surface area contributed by atoms with Crippen molar-refractivity contribution in [2.75, 3.05) is 17.2 Å². The van der Waals surface area contributed by atoms with Crippen LogP contribution in [0, 0.1) is 16.0 Å². The fourth-order valence-electron chi connectivity index (χ4n) is 1.65. The fraction of sp³-hybridized carbons (Fsp3) is 0.444. The van der Waals surface area contributed by atoms with E-state index in [0.29, 0.717) is 18.7 Å². The van der Waals surface area contributed by atoms with Gasteiger partial charge in [0.25, 0.3) is 0 Å². The van der Waals surface area contributed by atoms with E-state index >= 15 is 0 Å². The van der Waals surface area contributed by atoms with Crippen LogP contribution in [-0.2, 0) is 4.79 Å². The zero-order valence-electron chi connectivity index (χ0n) is 8.81. The molecule has 1 aromatic rings. The van der Waals surface area contributed by atoms with Crippen molar-refractivity contribution >= 4 is 30.2 Å². The van der Waals surface area contributed by atoms with Crippen LogP contribution in [0.4, 0.5) is 11.6 Å². The molecule has 7 nitrogen and oxygen atoms in total. The normalized spacial score (nSPS) is 19.7. The summed E-state index contributed by atoms with van der Waals surface area (Å²) in [6.07, 6.45) is 2.62. The maximum absolute atomic E-state index is 11.6. The second kappa shape index (κ2) is 4.66. The molecule has 2 heterocycles. The standard InChI is InChI=1S/C9H10N4O3S/c14-8-1-6(5-17)4-12(8)9-10-2-7(3-11-9)13(15)16/h2-3,6,17H,1,4-5H2. The van der Waals surface area contributed by atoms with Crippen molar-refractivity contribution in [3.05, 3.63) is 22.5 Å². The zero-order valence-corrected chi connectivity index (χ0v) is 9.71. The van der Waals surface area contributed by atoms with E-state index in [2.05, 4.69) is 22.6 Å². The summed E-state index contributed by atoms with van der Waals surface area (Å²) in [6.45, 7) is 0.514. The number of carbonyl (C=O) groups excluding carboxylic acids is 1. The first-order chi connectivity index (χ1) is 8.11. The third-order valence-corrected chi connectivity index (χ3v) is 3.06. The summed E-state index contributed by atoms with van der Waals surface area (Å²) in [5, 5.41) is 10.4. The maximum Gasteiger partial charge on any atom is 0.305 e. The molecule has 0 aromatic carbocycles. The molecule has 1 aliphatic rings. The van der Waals surface area contributed by atoms with Gasteiger partial charge in [-0.25, -0.2) is 9.97 Å². The Morgan fingerprint density at radius 1 is 1.53 bits per heavy atom. The third kappa shape index (κ3) is 2.36. The Hall–Kier alpha value is -1.70. The van der Waals surface area contributed by atoms with Crippen LogP contribution in [-0.4, -0.2) is 33.1 Å². The van der Waals surface area contributed by atoms with Gasteiger partial charge in [-0.3, -0.25) is 19.8 Å². The van der Waals surface area contributed by atoms with E-state index in [4.69, 9.17) is 0 Å². The van der Waals surface area contributed by atoms with E-state index in [0.717, 1.165) is 12.4 Å². The van der Waals surface area contributed by atoms with Gasteiger partial charge >= 0.3 is 5.69 Å². The molecule has 0 radical (unpaired) electrons. The van der Waals surface area contributed by atoms with Crippen LogP contribution in [0.5, 0.6) is 0 Å². The SMILES string of the molecule is O=C1CC(CS)CN1c1ncc([N+](=O)[O-])cn1. The largest absolute Gasteiger partial charge is 0.305 e. The second-order valence-corrected chi connectivity index (χ2v) is 4.12. The van der Waals surface area contributed by atoms with Crippen molar-refractivity contribution in [1.29, 1.82) is 0 Å². The predicted octanol–water partition coefficient (Wildman–Crippen LogP) is 0.667. The number of carbonyl (C=O) groups is 1. The van der Waals surface area contributed by atoms with Gasteiger partial charge < -0.3 is 0 Å². The highest BCUT2D eigenvalue weighted by molar-refractivity contribution is 7.80. The van der Waals surface area contributed by atoms with E-state index in [1.54, 1.807) is 0 Å². The number of amides is 1. The van der Waals surface area contributed by atoms with Gasteiger partial charge in [0.15, 0.2) is 0 Å². The molecule has 0 bridgehead atoms. The van der Waals surface area contributed by atoms with Gasteiger partial charge in [-0.1, -0.05) is 0 Å². The lowest BCUT2D eigenvalue weighted by Crippen LogP contribution is -2.26. The molecule has 2 rings (SSSR count). The summed E-state index contributed by atoms with van der Waals surface area (Å²) in [5.74, 6) is 0.947. The Balaban J connectivity index is 2.18. The average molecular weight is 254 g/mol. The van der Waals surface area contributed by atoms with E-state index in [1.807, 2.05) is 0 Å². The first-order valence-corrected chi connectivity index (χ1v) is 5.62. The molecule has 0 aliphatic carbocycles. The number of hydrogen-bond acceptors (Lipinski definition) is 6. The topological polar surface area (TPSA) is 89.2 Å². The summed E-state index contributed by atoms with van der Waals surface area (Å²) in [5.41, 5.74) is -0.189. The van der Waals surface area contributed by atoms with E-state index < -0.39 is 4.92 Å². The number of hydrogen-bond donors (Lipinski definition) is 1. The Labute approximate surface area is 102 Å². The van der Waals surface area contributed by atoms with Crippen LogP contribution >= 0.6 is 12.6 Å². The molecule has 1 atom stereocenters. The van der Waals surface area contributed by atoms with E-state index in [9.17, 15) is 14.9 Å². The number of nitrogens with zero attached hydrogens (tertiary/aromatic N) is 4. The first kappa shape index (κ1) is 11.8. The smallest absolute Gasteiger partial charge is 0.280 e. The Kier molecular flexibility index (Phi) is 3.23. The van der Waals surface area contributed by atoms with E-state index in [1.165, 1.54) is 4.90 Å². The molecule has 1 aliphatic heterocycles. The highest BCUT2D eigenvalue weighted by Gasteiger charge is 2.31. The van der Waals surface area contributed by atoms with Gasteiger partial charge in [-0.05, 0) is 11.7 Å². The molecular weight excluding hydrogens is 244 g/mol. The van der Waals surface area contributed by atoms with Crippen LogP contribution in [0.2, 0.25) is 0 Å². The van der Waals surface area contributed by atoms with Gasteiger partial charge in [0.05, 0.1) is 4.92 Å². The lowest BCUT2D eigenvalue weighted by molar-refractivity contribution is -0.385. The average Bonchev–Trinajstić information content (AvgIpc) is 2.71. The number of anilines is 1. The monoisotopic (exact) mass is 254 g/mol. The van der Waals surface area contributed by atoms with Crippen molar-refractivity contribution in [2.45, 2.75) is 6.42 Å². The number of rotatable bonds is 3. The van der Waals surface area contributed by atoms with Crippen molar-refractivity contribution in [1.82, 2.24) is 9.97 Å². The fourth-order valence-corrected chi connectivity index (χ4v) is 1.89. The van der Waals surface area contributed by atoms with Crippen molar-refractivity contribution < 1.29 is 9.72 Å². The van der Waals surface area contributed by atoms with Crippen LogP contribution in [0.15, 0.2) is 12.4 Å². The summed E-state index contributed by atoms with van der Waals surface area (Å²) < 4.78 is 0. The predicted molar refractivity (Wildman–Crippen MR) is 63.0 cm³/mol. The van der Waals surface area contributed by atoms with Crippen molar-refractivity contribution in [3.8, 4) is 0 Å². The highest BCUT2D eigenvalue weighted by Crippen LogP contribution is 2.23. The minimum atomic E-state index is -0.577. The third-order valence-electron chi connectivity index (χ3n) is 2.54. The molecule has 1 fully saturated rings. The molecule has 1 aromatic heterocycles. The molecule has 8 heteroatoms. The first-order valence-electron chi connectivity index (χ1n) is 4.99. The molecular formula is C9H10N4O3S. The zero-order chi connectivity index (χ0) is 12.4. The minimum Gasteiger partial charge on any atom is -0.280 e. The van der Waals surface area contributed by atoms with Crippen molar-refractivity contribution in [2.24, 2.45) is 5.92 Å². The van der Waals surface area contributed by atoms with Gasteiger partial charge in [0.1, 0.15) is 12.4 Å². The van der Waals surface area contributed by atoms with Crippen LogP contribution in [0.1, 0.15) is 6.42 Å². The van der Waals surface area contributed by atoms with Gasteiger partial charge in [0, 0.05) is 13.0 Å². The Morgan fingerprint density at radius 3 is 2.65 bits per heavy atom. The summed E-state index contributed by atoms with van der Waals surface area (Å²) >= 11 is 4.14. The van der Waals surface area contributed by atoms with Crippen molar-refractivity contribution in [3.63, 3.8) is 0 Å². The highest BCUT2D eigenvalue weighted by atomic mass is 32.1. The Bertz CT molecular complexity index is 450. The summed E-state index contributed by atoms with van der Waals surface area (Å²) in [7, 11) is 0. The molecule has 1 saturated heterocycles. The number of thiol groups is 1. The second-order valence-electron chi connectivity index (χ2n) is 3.76. The Morgan fingerprint density at radius 2 is 2.18 bits per heavy atom. The van der Waals surface area contributed by atoms with E-state index in [-0.39, 0.29) is 23.5 Å². The minimum absolute atomic E-state index is 0.0714. The van der Waals surface area contributed by atoms with Gasteiger partial charge in [-0.2, -0.15) is 12.6 Å². The van der Waals surface area contributed by atoms with Crippen LogP contribution in [0.3, 0.4) is 0 Å². The molecule has 0 spiro atoms. The number of nitro groups is 1. The van der Waals surface area contributed by atoms with Crippen LogP contribution in [0.25, 0.3) is 0 Å². The quantitative estimate of drug-likeness (QED) is 0.486. The van der Waals surface area contributed by atoms with Gasteiger partial charge in [-0.15, -0.1) is 0 Å². The summed E-state index contributed by atoms with van der Waals surface area (Å²) in [6, 6.07) is 0. The molecule has 17 heavy (non-hydrogen) atoms. The molecule has 1 amide bonds. The molecule has 0 N–H and O–H groups in total. The number of aromatic nitrogens is 2. The molecule has 0 saturated carbocycles.